The van der Waals surface area contributed by atoms with E-state index in [9.17, 15) is 8.42 Å². The summed E-state index contributed by atoms with van der Waals surface area (Å²) in [7, 11) is 0.604. The molecule has 0 heterocycles. The van der Waals surface area contributed by atoms with Crippen molar-refractivity contribution < 1.29 is 22.6 Å². The van der Waals surface area contributed by atoms with E-state index in [1.165, 1.54) is 33.5 Å². The van der Waals surface area contributed by atoms with Gasteiger partial charge >= 0.3 is 0 Å². The molecule has 0 aliphatic heterocycles. The molecule has 9 heteroatoms. The zero-order valence-electron chi connectivity index (χ0n) is 16.7. The summed E-state index contributed by atoms with van der Waals surface area (Å²) in [6.45, 7) is 5.89. The van der Waals surface area contributed by atoms with Crippen molar-refractivity contribution in [3.8, 4) is 17.2 Å². The minimum atomic E-state index is -3.85. The molecule has 0 unspecified atom stereocenters. The third-order valence-corrected chi connectivity index (χ3v) is 6.62. The van der Waals surface area contributed by atoms with E-state index >= 15 is 0 Å². The average Bonchev–Trinajstić information content (AvgIpc) is 2.71. The number of hydrogen-bond donors (Lipinski definition) is 1. The van der Waals surface area contributed by atoms with Gasteiger partial charge in [0.1, 0.15) is 5.75 Å². The van der Waals surface area contributed by atoms with E-state index in [2.05, 4.69) is 22.9 Å². The molecule has 0 saturated carbocycles. The summed E-state index contributed by atoms with van der Waals surface area (Å²) in [5, 5.41) is 0. The summed E-state index contributed by atoms with van der Waals surface area (Å²) in [6.07, 6.45) is 0. The first-order valence-corrected chi connectivity index (χ1v) is 11.0. The number of rotatable bonds is 10. The quantitative estimate of drug-likeness (QED) is 0.578. The number of nitrogens with zero attached hydrogens (tertiary/aromatic N) is 1. The van der Waals surface area contributed by atoms with Gasteiger partial charge in [-0.25, -0.2) is 12.7 Å². The van der Waals surface area contributed by atoms with E-state index in [1.54, 1.807) is 30.1 Å². The van der Waals surface area contributed by atoms with Crippen molar-refractivity contribution in [2.75, 3.05) is 39.1 Å². The van der Waals surface area contributed by atoms with Gasteiger partial charge in [-0.2, -0.15) is 0 Å². The van der Waals surface area contributed by atoms with Crippen LogP contribution in [0.15, 0.2) is 46.2 Å². The monoisotopic (exact) mass is 426 g/mol. The predicted molar refractivity (Wildman–Crippen MR) is 112 cm³/mol. The molecule has 0 aliphatic rings. The number of benzene rings is 2. The minimum absolute atomic E-state index is 0.0639. The molecule has 154 valence electrons. The normalized spacial score (nSPS) is 11.4. The lowest BCUT2D eigenvalue weighted by molar-refractivity contribution is 0.354. The molecule has 0 saturated heterocycles. The zero-order chi connectivity index (χ0) is 20.7. The number of methoxy groups -OCH3 is 3. The van der Waals surface area contributed by atoms with Crippen LogP contribution in [0.4, 0.5) is 5.69 Å². The highest BCUT2D eigenvalue weighted by atomic mass is 32.2. The molecule has 1 N–H and O–H groups in total. The Morgan fingerprint density at radius 1 is 0.893 bits per heavy atom. The maximum Gasteiger partial charge on any atom is 0.262 e. The molecule has 0 fully saturated rings. The Kier molecular flexibility index (Phi) is 7.85. The molecular formula is C19H26N2O5S2. The molecule has 7 nitrogen and oxygen atoms in total. The maximum absolute atomic E-state index is 12.9. The molecule has 2 rings (SSSR count). The molecule has 0 radical (unpaired) electrons. The van der Waals surface area contributed by atoms with Gasteiger partial charge in [0.05, 0.1) is 31.9 Å². The second-order valence-corrected chi connectivity index (χ2v) is 8.54. The fourth-order valence-corrected chi connectivity index (χ4v) is 4.44. The molecule has 0 aromatic heterocycles. The Hall–Kier alpha value is -2.10. The summed E-state index contributed by atoms with van der Waals surface area (Å²) in [5.41, 5.74) is 0.370. The highest BCUT2D eigenvalue weighted by Crippen LogP contribution is 2.34. The molecule has 2 aromatic rings. The summed E-state index contributed by atoms with van der Waals surface area (Å²) in [5.74, 6) is 1.23. The van der Waals surface area contributed by atoms with E-state index in [0.29, 0.717) is 22.9 Å². The van der Waals surface area contributed by atoms with Crippen molar-refractivity contribution in [1.29, 1.82) is 0 Å². The molecule has 0 amide bonds. The third kappa shape index (κ3) is 5.24. The Bertz CT molecular complexity index is 899. The van der Waals surface area contributed by atoms with Gasteiger partial charge in [-0.05, 0) is 42.3 Å². The van der Waals surface area contributed by atoms with Gasteiger partial charge < -0.3 is 14.2 Å². The van der Waals surface area contributed by atoms with E-state index in [4.69, 9.17) is 14.2 Å². The summed E-state index contributed by atoms with van der Waals surface area (Å²) in [6, 6.07) is 9.85. The van der Waals surface area contributed by atoms with Gasteiger partial charge in [0.2, 0.25) is 0 Å². The van der Waals surface area contributed by atoms with Crippen LogP contribution in [0.1, 0.15) is 13.8 Å². The van der Waals surface area contributed by atoms with Crippen LogP contribution in [-0.2, 0) is 10.0 Å². The van der Waals surface area contributed by atoms with Gasteiger partial charge in [0.25, 0.3) is 10.0 Å². The number of hydrogen-bond acceptors (Lipinski definition) is 7. The second kappa shape index (κ2) is 9.90. The molecule has 28 heavy (non-hydrogen) atoms. The van der Waals surface area contributed by atoms with Gasteiger partial charge in [0, 0.05) is 24.1 Å². The number of anilines is 1. The largest absolute Gasteiger partial charge is 0.495 e. The number of ether oxygens (including phenoxy) is 3. The smallest absolute Gasteiger partial charge is 0.262 e. The maximum atomic E-state index is 12.9. The van der Waals surface area contributed by atoms with Crippen LogP contribution in [0.25, 0.3) is 0 Å². The summed E-state index contributed by atoms with van der Waals surface area (Å²) in [4.78, 5) is 0.975. The van der Waals surface area contributed by atoms with Crippen LogP contribution in [0.2, 0.25) is 0 Å². The number of sulfonamides is 1. The predicted octanol–water partition coefficient (Wildman–Crippen LogP) is 3.86. The van der Waals surface area contributed by atoms with E-state index in [0.717, 1.165) is 18.0 Å². The lowest BCUT2D eigenvalue weighted by Gasteiger charge is -2.18. The summed E-state index contributed by atoms with van der Waals surface area (Å²) < 4.78 is 46.3. The SMILES string of the molecule is CCN(CC)Sc1ccc(OC)c(NS(=O)(=O)c2ccc(OC)c(OC)c2)c1. The van der Waals surface area contributed by atoms with Crippen LogP contribution in [-0.4, -0.2) is 47.1 Å². The second-order valence-electron chi connectivity index (χ2n) is 5.69. The van der Waals surface area contributed by atoms with Crippen molar-refractivity contribution >= 4 is 27.7 Å². The molecule has 2 aromatic carbocycles. The van der Waals surface area contributed by atoms with Gasteiger partial charge in [0.15, 0.2) is 11.5 Å². The van der Waals surface area contributed by atoms with E-state index in [-0.39, 0.29) is 4.90 Å². The van der Waals surface area contributed by atoms with Crippen molar-refractivity contribution in [2.24, 2.45) is 0 Å². The van der Waals surface area contributed by atoms with Gasteiger partial charge in [-0.3, -0.25) is 4.72 Å². The van der Waals surface area contributed by atoms with Crippen molar-refractivity contribution in [1.82, 2.24) is 4.31 Å². The first-order valence-electron chi connectivity index (χ1n) is 8.74. The average molecular weight is 427 g/mol. The Labute approximate surface area is 171 Å². The lowest BCUT2D eigenvalue weighted by Crippen LogP contribution is -2.15. The van der Waals surface area contributed by atoms with Crippen LogP contribution < -0.4 is 18.9 Å². The highest BCUT2D eigenvalue weighted by molar-refractivity contribution is 7.97. The topological polar surface area (TPSA) is 77.1 Å². The highest BCUT2D eigenvalue weighted by Gasteiger charge is 2.19. The Morgan fingerprint density at radius 3 is 2.07 bits per heavy atom. The third-order valence-electron chi connectivity index (χ3n) is 4.02. The van der Waals surface area contributed by atoms with Crippen LogP contribution >= 0.6 is 11.9 Å². The van der Waals surface area contributed by atoms with E-state index in [1.807, 2.05) is 6.07 Å². The lowest BCUT2D eigenvalue weighted by atomic mass is 10.3. The van der Waals surface area contributed by atoms with Crippen LogP contribution in [0.3, 0.4) is 0 Å². The first kappa shape index (κ1) is 22.2. The van der Waals surface area contributed by atoms with Crippen LogP contribution in [0.5, 0.6) is 17.2 Å². The standard InChI is InChI=1S/C19H26N2O5S2/c1-6-21(7-2)27-14-8-10-17(24-3)16(12-14)20-28(22,23)15-9-11-18(25-4)19(13-15)26-5/h8-13,20H,6-7H2,1-5H3. The Morgan fingerprint density at radius 2 is 1.50 bits per heavy atom. The zero-order valence-corrected chi connectivity index (χ0v) is 18.3. The molecule has 0 aliphatic carbocycles. The fraction of sp³-hybridized carbons (Fsp3) is 0.368. The van der Waals surface area contributed by atoms with Gasteiger partial charge in [-0.1, -0.05) is 13.8 Å². The molecule has 0 atom stereocenters. The first-order chi connectivity index (χ1) is 13.4. The molecular weight excluding hydrogens is 400 g/mol. The fourth-order valence-electron chi connectivity index (χ4n) is 2.51. The van der Waals surface area contributed by atoms with Crippen LogP contribution in [0, 0.1) is 0 Å². The van der Waals surface area contributed by atoms with Gasteiger partial charge in [-0.15, -0.1) is 0 Å². The minimum Gasteiger partial charge on any atom is -0.495 e. The van der Waals surface area contributed by atoms with E-state index < -0.39 is 10.0 Å². The summed E-state index contributed by atoms with van der Waals surface area (Å²) >= 11 is 1.56. The van der Waals surface area contributed by atoms with Crippen molar-refractivity contribution in [3.05, 3.63) is 36.4 Å². The van der Waals surface area contributed by atoms with Crippen molar-refractivity contribution in [3.63, 3.8) is 0 Å². The molecule has 0 bridgehead atoms. The Balaban J connectivity index is 2.36. The molecule has 0 spiro atoms. The van der Waals surface area contributed by atoms with Crippen molar-refractivity contribution in [2.45, 2.75) is 23.6 Å². The number of nitrogens with one attached hydrogen (secondary N) is 1.